The standard InChI is InChI=1S/C15H11NO2/c1-9(17)14-10-5-2-3-7-12(10)16-15-11(14)6-4-8-13(15)18/h2-8,18H,1H3. The van der Waals surface area contributed by atoms with Crippen molar-refractivity contribution in [1.82, 2.24) is 4.98 Å². The number of aromatic hydroxyl groups is 1. The summed E-state index contributed by atoms with van der Waals surface area (Å²) in [5, 5.41) is 11.4. The van der Waals surface area contributed by atoms with Gasteiger partial charge in [-0.1, -0.05) is 30.3 Å². The molecule has 0 fully saturated rings. The molecule has 88 valence electrons. The third-order valence-electron chi connectivity index (χ3n) is 3.04. The first-order chi connectivity index (χ1) is 8.68. The van der Waals surface area contributed by atoms with Gasteiger partial charge in [-0.25, -0.2) is 4.98 Å². The van der Waals surface area contributed by atoms with Gasteiger partial charge in [0.15, 0.2) is 5.78 Å². The fraction of sp³-hybridized carbons (Fsp3) is 0.0667. The van der Waals surface area contributed by atoms with Gasteiger partial charge in [0.2, 0.25) is 0 Å². The Morgan fingerprint density at radius 3 is 2.56 bits per heavy atom. The minimum Gasteiger partial charge on any atom is -0.506 e. The van der Waals surface area contributed by atoms with Crippen LogP contribution in [0, 0.1) is 0 Å². The average molecular weight is 237 g/mol. The summed E-state index contributed by atoms with van der Waals surface area (Å²) in [6.07, 6.45) is 0. The predicted molar refractivity (Wildman–Crippen MR) is 70.9 cm³/mol. The molecule has 1 N–H and O–H groups in total. The van der Waals surface area contributed by atoms with Crippen LogP contribution in [0.3, 0.4) is 0 Å². The van der Waals surface area contributed by atoms with E-state index in [1.54, 1.807) is 12.1 Å². The molecule has 2 aromatic carbocycles. The van der Waals surface area contributed by atoms with E-state index in [4.69, 9.17) is 0 Å². The number of carbonyl (C=O) groups excluding carboxylic acids is 1. The van der Waals surface area contributed by atoms with Crippen LogP contribution in [0.15, 0.2) is 42.5 Å². The monoisotopic (exact) mass is 237 g/mol. The highest BCUT2D eigenvalue weighted by Gasteiger charge is 2.13. The molecule has 0 aliphatic carbocycles. The van der Waals surface area contributed by atoms with Gasteiger partial charge in [-0.05, 0) is 19.1 Å². The van der Waals surface area contributed by atoms with Crippen LogP contribution in [0.2, 0.25) is 0 Å². The number of para-hydroxylation sites is 2. The number of nitrogens with zero attached hydrogens (tertiary/aromatic N) is 1. The van der Waals surface area contributed by atoms with E-state index in [9.17, 15) is 9.90 Å². The van der Waals surface area contributed by atoms with Crippen molar-refractivity contribution in [2.24, 2.45) is 0 Å². The number of phenols is 1. The fourth-order valence-electron chi connectivity index (χ4n) is 2.28. The third-order valence-corrected chi connectivity index (χ3v) is 3.04. The van der Waals surface area contributed by atoms with Gasteiger partial charge in [-0.3, -0.25) is 4.79 Å². The summed E-state index contributed by atoms with van der Waals surface area (Å²) < 4.78 is 0. The van der Waals surface area contributed by atoms with Crippen molar-refractivity contribution in [3.8, 4) is 5.75 Å². The number of ketones is 1. The largest absolute Gasteiger partial charge is 0.506 e. The first-order valence-electron chi connectivity index (χ1n) is 5.70. The molecule has 0 saturated heterocycles. The van der Waals surface area contributed by atoms with E-state index in [1.807, 2.05) is 30.3 Å². The maximum atomic E-state index is 11.9. The minimum atomic E-state index is -0.0239. The van der Waals surface area contributed by atoms with Gasteiger partial charge >= 0.3 is 0 Å². The second-order valence-corrected chi connectivity index (χ2v) is 4.23. The summed E-state index contributed by atoms with van der Waals surface area (Å²) in [5.74, 6) is 0.0740. The summed E-state index contributed by atoms with van der Waals surface area (Å²) in [6.45, 7) is 1.53. The molecule has 0 amide bonds. The summed E-state index contributed by atoms with van der Waals surface area (Å²) in [4.78, 5) is 16.3. The molecule has 3 rings (SSSR count). The highest BCUT2D eigenvalue weighted by Crippen LogP contribution is 2.30. The lowest BCUT2D eigenvalue weighted by Crippen LogP contribution is -1.97. The molecule has 1 aromatic heterocycles. The first kappa shape index (κ1) is 10.7. The van der Waals surface area contributed by atoms with E-state index in [0.29, 0.717) is 16.5 Å². The number of rotatable bonds is 1. The van der Waals surface area contributed by atoms with Gasteiger partial charge in [0.1, 0.15) is 11.3 Å². The van der Waals surface area contributed by atoms with Gasteiger partial charge in [-0.2, -0.15) is 0 Å². The molecule has 0 aliphatic heterocycles. The zero-order chi connectivity index (χ0) is 12.7. The lowest BCUT2D eigenvalue weighted by atomic mass is 10.00. The molecule has 1 heterocycles. The molecule has 0 spiro atoms. The van der Waals surface area contributed by atoms with Gasteiger partial charge in [0.25, 0.3) is 0 Å². The summed E-state index contributed by atoms with van der Waals surface area (Å²) in [5.41, 5.74) is 1.81. The highest BCUT2D eigenvalue weighted by atomic mass is 16.3. The number of fused-ring (bicyclic) bond motifs is 2. The normalized spacial score (nSPS) is 10.9. The number of benzene rings is 2. The van der Waals surface area contributed by atoms with E-state index in [1.165, 1.54) is 6.92 Å². The second kappa shape index (κ2) is 3.81. The molecule has 0 bridgehead atoms. The lowest BCUT2D eigenvalue weighted by Gasteiger charge is -2.08. The van der Waals surface area contributed by atoms with Crippen LogP contribution < -0.4 is 0 Å². The summed E-state index contributed by atoms with van der Waals surface area (Å²) in [7, 11) is 0. The SMILES string of the molecule is CC(=O)c1c2ccccc2nc2c(O)cccc12. The van der Waals surface area contributed by atoms with E-state index < -0.39 is 0 Å². The summed E-state index contributed by atoms with van der Waals surface area (Å²) >= 11 is 0. The van der Waals surface area contributed by atoms with Gasteiger partial charge in [0.05, 0.1) is 5.52 Å². The van der Waals surface area contributed by atoms with Crippen molar-refractivity contribution in [1.29, 1.82) is 0 Å². The minimum absolute atomic E-state index is 0.0239. The van der Waals surface area contributed by atoms with Crippen molar-refractivity contribution < 1.29 is 9.90 Å². The molecule has 0 atom stereocenters. The molecule has 0 radical (unpaired) electrons. The molecular weight excluding hydrogens is 226 g/mol. The number of Topliss-reactive ketones (excluding diaryl/α,β-unsaturated/α-hetero) is 1. The number of hydrogen-bond acceptors (Lipinski definition) is 3. The van der Waals surface area contributed by atoms with E-state index in [2.05, 4.69) is 4.98 Å². The zero-order valence-electron chi connectivity index (χ0n) is 9.84. The number of aromatic nitrogens is 1. The molecule has 3 aromatic rings. The average Bonchev–Trinajstić information content (AvgIpc) is 2.36. The third kappa shape index (κ3) is 1.44. The fourth-order valence-corrected chi connectivity index (χ4v) is 2.28. The van der Waals surface area contributed by atoms with E-state index in [0.717, 1.165) is 10.9 Å². The number of pyridine rings is 1. The molecule has 3 nitrogen and oxygen atoms in total. The Labute approximate surface area is 104 Å². The van der Waals surface area contributed by atoms with Crippen LogP contribution in [0.1, 0.15) is 17.3 Å². The Hall–Kier alpha value is -2.42. The Bertz CT molecular complexity index is 778. The molecule has 0 saturated carbocycles. The van der Waals surface area contributed by atoms with Gasteiger partial charge < -0.3 is 5.11 Å². The van der Waals surface area contributed by atoms with Crippen molar-refractivity contribution in [2.45, 2.75) is 6.92 Å². The number of hydrogen-bond donors (Lipinski definition) is 1. The van der Waals surface area contributed by atoms with Crippen LogP contribution in [0.4, 0.5) is 0 Å². The molecule has 0 unspecified atom stereocenters. The Kier molecular flexibility index (Phi) is 2.27. The topological polar surface area (TPSA) is 50.2 Å². The highest BCUT2D eigenvalue weighted by molar-refractivity contribution is 6.16. The predicted octanol–water partition coefficient (Wildman–Crippen LogP) is 3.30. The number of phenolic OH excluding ortho intramolecular Hbond substituents is 1. The van der Waals surface area contributed by atoms with Crippen LogP contribution in [0.5, 0.6) is 5.75 Å². The van der Waals surface area contributed by atoms with Crippen LogP contribution >= 0.6 is 0 Å². The smallest absolute Gasteiger partial charge is 0.161 e. The Morgan fingerprint density at radius 1 is 1.06 bits per heavy atom. The van der Waals surface area contributed by atoms with Crippen LogP contribution in [-0.4, -0.2) is 15.9 Å². The zero-order valence-corrected chi connectivity index (χ0v) is 9.84. The molecular formula is C15H11NO2. The van der Waals surface area contributed by atoms with Crippen molar-refractivity contribution in [2.75, 3.05) is 0 Å². The van der Waals surface area contributed by atoms with E-state index >= 15 is 0 Å². The number of carbonyl (C=O) groups is 1. The maximum absolute atomic E-state index is 11.9. The molecule has 18 heavy (non-hydrogen) atoms. The Balaban J connectivity index is 2.63. The second-order valence-electron chi connectivity index (χ2n) is 4.23. The summed E-state index contributed by atoms with van der Waals surface area (Å²) in [6, 6.07) is 12.6. The van der Waals surface area contributed by atoms with Crippen molar-refractivity contribution in [3.63, 3.8) is 0 Å². The van der Waals surface area contributed by atoms with Gasteiger partial charge in [0, 0.05) is 16.3 Å². The molecule has 3 heteroatoms. The Morgan fingerprint density at radius 2 is 1.78 bits per heavy atom. The first-order valence-corrected chi connectivity index (χ1v) is 5.70. The lowest BCUT2D eigenvalue weighted by molar-refractivity contribution is 0.102. The van der Waals surface area contributed by atoms with Crippen LogP contribution in [0.25, 0.3) is 21.8 Å². The van der Waals surface area contributed by atoms with Crippen molar-refractivity contribution in [3.05, 3.63) is 48.0 Å². The van der Waals surface area contributed by atoms with Gasteiger partial charge in [-0.15, -0.1) is 0 Å². The molecule has 0 aliphatic rings. The van der Waals surface area contributed by atoms with Crippen LogP contribution in [-0.2, 0) is 0 Å². The maximum Gasteiger partial charge on any atom is 0.161 e. The van der Waals surface area contributed by atoms with E-state index in [-0.39, 0.29) is 11.5 Å². The van der Waals surface area contributed by atoms with Crippen molar-refractivity contribution >= 4 is 27.6 Å². The quantitative estimate of drug-likeness (QED) is 0.522.